The van der Waals surface area contributed by atoms with Gasteiger partial charge in [0.05, 0.1) is 11.1 Å². The lowest BCUT2D eigenvalue weighted by molar-refractivity contribution is 0.0125. The van der Waals surface area contributed by atoms with Crippen LogP contribution < -0.4 is 10.3 Å². The van der Waals surface area contributed by atoms with Crippen molar-refractivity contribution < 1.29 is 4.74 Å². The van der Waals surface area contributed by atoms with E-state index in [0.29, 0.717) is 5.92 Å². The fourth-order valence-electron chi connectivity index (χ4n) is 4.37. The summed E-state index contributed by atoms with van der Waals surface area (Å²) in [6.07, 6.45) is 4.47. The second-order valence-electron chi connectivity index (χ2n) is 7.51. The molecule has 1 aliphatic carbocycles. The van der Waals surface area contributed by atoms with Crippen LogP contribution in [-0.4, -0.2) is 10.2 Å². The van der Waals surface area contributed by atoms with Crippen LogP contribution in [0.5, 0.6) is 5.75 Å². The third-order valence-corrected chi connectivity index (χ3v) is 5.63. The van der Waals surface area contributed by atoms with Gasteiger partial charge in [0.2, 0.25) is 0 Å². The fourth-order valence-corrected chi connectivity index (χ4v) is 4.37. The van der Waals surface area contributed by atoms with E-state index in [-0.39, 0.29) is 17.1 Å². The quantitative estimate of drug-likeness (QED) is 0.685. The average molecular weight is 309 g/mol. The lowest BCUT2D eigenvalue weighted by Gasteiger charge is -2.46. The SMILES string of the molecule is CC1=CC2c3c(c4ccccc4n(C)c3=O)OC(C)(C)C2CC1. The maximum atomic E-state index is 13.1. The maximum Gasteiger partial charge on any atom is 0.258 e. The molecule has 0 amide bonds. The van der Waals surface area contributed by atoms with Crippen LogP contribution in [0.4, 0.5) is 0 Å². The van der Waals surface area contributed by atoms with Crippen LogP contribution in [0.1, 0.15) is 45.1 Å². The van der Waals surface area contributed by atoms with Crippen LogP contribution in [0.3, 0.4) is 0 Å². The number of fused-ring (bicyclic) bond motifs is 5. The normalized spacial score (nSPS) is 25.3. The predicted octanol–water partition coefficient (Wildman–Crippen LogP) is 4.15. The number of nitrogens with zero attached hydrogens (tertiary/aromatic N) is 1. The largest absolute Gasteiger partial charge is 0.486 e. The smallest absolute Gasteiger partial charge is 0.258 e. The molecule has 2 aliphatic rings. The Morgan fingerprint density at radius 2 is 2.00 bits per heavy atom. The van der Waals surface area contributed by atoms with Gasteiger partial charge < -0.3 is 9.30 Å². The molecule has 0 saturated carbocycles. The van der Waals surface area contributed by atoms with Crippen LogP contribution in [0, 0.1) is 5.92 Å². The first-order valence-corrected chi connectivity index (χ1v) is 8.38. The summed E-state index contributed by atoms with van der Waals surface area (Å²) in [5.74, 6) is 1.30. The molecule has 0 radical (unpaired) electrons. The molecule has 0 bridgehead atoms. The van der Waals surface area contributed by atoms with Crippen molar-refractivity contribution in [1.82, 2.24) is 4.57 Å². The van der Waals surface area contributed by atoms with Gasteiger partial charge in [0.1, 0.15) is 11.4 Å². The van der Waals surface area contributed by atoms with Crippen molar-refractivity contribution in [3.05, 3.63) is 51.8 Å². The van der Waals surface area contributed by atoms with Gasteiger partial charge in [0.15, 0.2) is 0 Å². The van der Waals surface area contributed by atoms with Gasteiger partial charge >= 0.3 is 0 Å². The molecule has 1 aliphatic heterocycles. The Kier molecular flexibility index (Phi) is 2.99. The van der Waals surface area contributed by atoms with Crippen LogP contribution >= 0.6 is 0 Å². The minimum absolute atomic E-state index is 0.0788. The van der Waals surface area contributed by atoms with Crippen molar-refractivity contribution in [3.8, 4) is 5.75 Å². The molecule has 1 aromatic carbocycles. The summed E-state index contributed by atoms with van der Waals surface area (Å²) in [5.41, 5.74) is 2.97. The highest BCUT2D eigenvalue weighted by molar-refractivity contribution is 5.87. The van der Waals surface area contributed by atoms with Crippen molar-refractivity contribution in [2.24, 2.45) is 13.0 Å². The van der Waals surface area contributed by atoms with Gasteiger partial charge in [0, 0.05) is 24.3 Å². The Morgan fingerprint density at radius 3 is 2.78 bits per heavy atom. The lowest BCUT2D eigenvalue weighted by Crippen LogP contribution is -2.47. The van der Waals surface area contributed by atoms with Crippen LogP contribution in [0.2, 0.25) is 0 Å². The molecule has 2 aromatic rings. The van der Waals surface area contributed by atoms with Crippen molar-refractivity contribution >= 4 is 10.9 Å². The molecule has 0 saturated heterocycles. The number of para-hydroxylation sites is 1. The number of hydrogen-bond acceptors (Lipinski definition) is 2. The van der Waals surface area contributed by atoms with Crippen molar-refractivity contribution in [2.45, 2.75) is 45.1 Å². The fraction of sp³-hybridized carbons (Fsp3) is 0.450. The third-order valence-electron chi connectivity index (χ3n) is 5.63. The van der Waals surface area contributed by atoms with E-state index >= 15 is 0 Å². The van der Waals surface area contributed by atoms with E-state index in [1.807, 2.05) is 25.2 Å². The molecule has 1 aromatic heterocycles. The number of aromatic nitrogens is 1. The Hall–Kier alpha value is -2.03. The molecule has 0 N–H and O–H groups in total. The van der Waals surface area contributed by atoms with E-state index < -0.39 is 0 Å². The van der Waals surface area contributed by atoms with Gasteiger partial charge in [-0.3, -0.25) is 4.79 Å². The highest BCUT2D eigenvalue weighted by Crippen LogP contribution is 2.50. The van der Waals surface area contributed by atoms with E-state index in [1.54, 1.807) is 4.57 Å². The van der Waals surface area contributed by atoms with Gasteiger partial charge in [-0.25, -0.2) is 0 Å². The zero-order valence-corrected chi connectivity index (χ0v) is 14.2. The topological polar surface area (TPSA) is 31.2 Å². The zero-order chi connectivity index (χ0) is 16.4. The standard InChI is InChI=1S/C20H23NO2/c1-12-9-10-15-14(11-12)17-18(23-20(15,2)3)13-7-5-6-8-16(13)21(4)19(17)22/h5-8,11,14-15H,9-10H2,1-4H3. The molecule has 4 rings (SSSR count). The maximum absolute atomic E-state index is 13.1. The van der Waals surface area contributed by atoms with Crippen LogP contribution in [-0.2, 0) is 7.05 Å². The molecular weight excluding hydrogens is 286 g/mol. The van der Waals surface area contributed by atoms with Gasteiger partial charge in [-0.1, -0.05) is 23.8 Å². The first kappa shape index (κ1) is 14.6. The molecule has 2 atom stereocenters. The highest BCUT2D eigenvalue weighted by Gasteiger charge is 2.46. The Bertz CT molecular complexity index is 888. The van der Waals surface area contributed by atoms with Crippen molar-refractivity contribution in [1.29, 1.82) is 0 Å². The monoisotopic (exact) mass is 309 g/mol. The first-order valence-electron chi connectivity index (χ1n) is 8.38. The summed E-state index contributed by atoms with van der Waals surface area (Å²) >= 11 is 0. The zero-order valence-electron chi connectivity index (χ0n) is 14.2. The Balaban J connectivity index is 2.11. The number of rotatable bonds is 0. The number of hydrogen-bond donors (Lipinski definition) is 0. The molecule has 0 fully saturated rings. The third kappa shape index (κ3) is 1.99. The van der Waals surface area contributed by atoms with E-state index in [0.717, 1.165) is 35.1 Å². The van der Waals surface area contributed by atoms with E-state index in [2.05, 4.69) is 32.9 Å². The molecule has 2 unspecified atom stereocenters. The second kappa shape index (κ2) is 4.73. The molecule has 3 nitrogen and oxygen atoms in total. The number of ether oxygens (including phenoxy) is 1. The summed E-state index contributed by atoms with van der Waals surface area (Å²) in [6.45, 7) is 6.49. The predicted molar refractivity (Wildman–Crippen MR) is 93.1 cm³/mol. The molecule has 3 heteroatoms. The van der Waals surface area contributed by atoms with Crippen LogP contribution in [0.25, 0.3) is 10.9 Å². The number of allylic oxidation sites excluding steroid dienone is 2. The Morgan fingerprint density at radius 1 is 1.26 bits per heavy atom. The molecule has 0 spiro atoms. The van der Waals surface area contributed by atoms with E-state index in [9.17, 15) is 4.79 Å². The van der Waals surface area contributed by atoms with Gasteiger partial charge in [-0.2, -0.15) is 0 Å². The number of pyridine rings is 1. The molecule has 23 heavy (non-hydrogen) atoms. The second-order valence-corrected chi connectivity index (χ2v) is 7.51. The summed E-state index contributed by atoms with van der Waals surface area (Å²) in [6, 6.07) is 8.03. The summed E-state index contributed by atoms with van der Waals surface area (Å²) in [5, 5.41) is 1.03. The van der Waals surface area contributed by atoms with Crippen LogP contribution in [0.15, 0.2) is 40.7 Å². The van der Waals surface area contributed by atoms with Gasteiger partial charge in [0.25, 0.3) is 5.56 Å². The average Bonchev–Trinajstić information content (AvgIpc) is 2.51. The van der Waals surface area contributed by atoms with Crippen molar-refractivity contribution in [2.75, 3.05) is 0 Å². The van der Waals surface area contributed by atoms with E-state index in [4.69, 9.17) is 4.74 Å². The highest BCUT2D eigenvalue weighted by atomic mass is 16.5. The summed E-state index contributed by atoms with van der Waals surface area (Å²) in [4.78, 5) is 13.1. The first-order chi connectivity index (χ1) is 10.9. The lowest BCUT2D eigenvalue weighted by atomic mass is 9.68. The minimum Gasteiger partial charge on any atom is -0.486 e. The molecule has 120 valence electrons. The minimum atomic E-state index is -0.260. The number of benzene rings is 1. The summed E-state index contributed by atoms with van der Waals surface area (Å²) < 4.78 is 8.20. The van der Waals surface area contributed by atoms with Crippen molar-refractivity contribution in [3.63, 3.8) is 0 Å². The number of aryl methyl sites for hydroxylation is 1. The van der Waals surface area contributed by atoms with Gasteiger partial charge in [-0.05, 0) is 45.7 Å². The molecular formula is C20H23NO2. The molecule has 2 heterocycles. The van der Waals surface area contributed by atoms with Gasteiger partial charge in [-0.15, -0.1) is 0 Å². The summed E-state index contributed by atoms with van der Waals surface area (Å²) in [7, 11) is 1.86. The Labute approximate surface area is 136 Å². The van der Waals surface area contributed by atoms with E-state index in [1.165, 1.54) is 5.57 Å².